The van der Waals surface area contributed by atoms with Gasteiger partial charge in [0, 0.05) is 0 Å². The Bertz CT molecular complexity index is 1560. The van der Waals surface area contributed by atoms with E-state index in [0.717, 1.165) is 16.3 Å². The molecule has 5 aromatic carbocycles. The van der Waals surface area contributed by atoms with Crippen LogP contribution in [0.25, 0.3) is 10.8 Å². The number of amides is 1. The fraction of sp³-hybridized carbons (Fsp3) is 0.0909. The van der Waals surface area contributed by atoms with Gasteiger partial charge in [0.05, 0.1) is 13.3 Å². The Hall–Kier alpha value is -4.94. The number of hydrogen-bond acceptors (Lipinski definition) is 5. The van der Waals surface area contributed by atoms with E-state index < -0.39 is 11.5 Å². The van der Waals surface area contributed by atoms with Crippen LogP contribution in [0.2, 0.25) is 0 Å². The molecule has 0 bridgehead atoms. The van der Waals surface area contributed by atoms with Crippen molar-refractivity contribution in [2.24, 2.45) is 5.10 Å². The maximum absolute atomic E-state index is 13.3. The zero-order valence-corrected chi connectivity index (χ0v) is 21.5. The van der Waals surface area contributed by atoms with E-state index in [1.165, 1.54) is 6.21 Å². The van der Waals surface area contributed by atoms with Crippen molar-refractivity contribution in [3.63, 3.8) is 0 Å². The molecule has 6 nitrogen and oxygen atoms in total. The minimum Gasteiger partial charge on any atom is -0.493 e. The Morgan fingerprint density at radius 3 is 2.15 bits per heavy atom. The second-order valence-electron chi connectivity index (χ2n) is 8.98. The maximum Gasteiger partial charge on any atom is 0.281 e. The van der Waals surface area contributed by atoms with Crippen molar-refractivity contribution in [1.29, 1.82) is 0 Å². The highest BCUT2D eigenvalue weighted by molar-refractivity contribution is 5.91. The van der Waals surface area contributed by atoms with Crippen LogP contribution in [0.3, 0.4) is 0 Å². The summed E-state index contributed by atoms with van der Waals surface area (Å²) in [5.41, 5.74) is 3.22. The lowest BCUT2D eigenvalue weighted by Gasteiger charge is -2.27. The van der Waals surface area contributed by atoms with E-state index in [0.29, 0.717) is 34.8 Å². The van der Waals surface area contributed by atoms with Crippen molar-refractivity contribution >= 4 is 22.9 Å². The van der Waals surface area contributed by atoms with E-state index in [1.807, 2.05) is 36.4 Å². The summed E-state index contributed by atoms with van der Waals surface area (Å²) >= 11 is 0. The van der Waals surface area contributed by atoms with Crippen LogP contribution in [0.15, 0.2) is 126 Å². The second kappa shape index (κ2) is 11.6. The predicted molar refractivity (Wildman–Crippen MR) is 153 cm³/mol. The molecule has 0 aromatic heterocycles. The Morgan fingerprint density at radius 2 is 1.46 bits per heavy atom. The Labute approximate surface area is 227 Å². The van der Waals surface area contributed by atoms with Crippen molar-refractivity contribution in [3.05, 3.63) is 144 Å². The maximum atomic E-state index is 13.3. The van der Waals surface area contributed by atoms with Gasteiger partial charge in [-0.05, 0) is 51.2 Å². The average Bonchev–Trinajstić information content (AvgIpc) is 3.00. The fourth-order valence-corrected chi connectivity index (χ4v) is 4.49. The molecule has 39 heavy (non-hydrogen) atoms. The van der Waals surface area contributed by atoms with Crippen molar-refractivity contribution in [1.82, 2.24) is 5.43 Å². The molecule has 2 N–H and O–H groups in total. The number of nitrogens with zero attached hydrogens (tertiary/aromatic N) is 1. The summed E-state index contributed by atoms with van der Waals surface area (Å²) < 4.78 is 11.6. The molecule has 5 rings (SSSR count). The lowest BCUT2D eigenvalue weighted by Crippen LogP contribution is -2.43. The smallest absolute Gasteiger partial charge is 0.281 e. The molecule has 0 atom stereocenters. The standard InChI is InChI=1S/C33H28N2O4/c1-38-30-20-19-24(21-31(30)39-23-26-13-10-12-25-11-8-9-18-29(25)26)22-34-35-32(36)33(37,27-14-4-2-5-15-27)28-16-6-3-7-17-28/h2-22,37H,23H2,1H3,(H,35,36)/b34-22-. The van der Waals surface area contributed by atoms with Gasteiger partial charge < -0.3 is 14.6 Å². The number of nitrogens with one attached hydrogen (secondary N) is 1. The number of carbonyl (C=O) groups excluding carboxylic acids is 1. The van der Waals surface area contributed by atoms with Crippen LogP contribution < -0.4 is 14.9 Å². The largest absolute Gasteiger partial charge is 0.493 e. The summed E-state index contributed by atoms with van der Waals surface area (Å²) in [7, 11) is 1.59. The van der Waals surface area contributed by atoms with Gasteiger partial charge in [0.25, 0.3) is 5.91 Å². The van der Waals surface area contributed by atoms with E-state index in [1.54, 1.807) is 73.8 Å². The summed E-state index contributed by atoms with van der Waals surface area (Å²) in [6.07, 6.45) is 1.50. The molecule has 194 valence electrons. The molecule has 0 saturated carbocycles. The first-order valence-electron chi connectivity index (χ1n) is 12.5. The van der Waals surface area contributed by atoms with Gasteiger partial charge in [-0.25, -0.2) is 5.43 Å². The van der Waals surface area contributed by atoms with Crippen molar-refractivity contribution < 1.29 is 19.4 Å². The highest BCUT2D eigenvalue weighted by Gasteiger charge is 2.39. The van der Waals surface area contributed by atoms with Crippen LogP contribution in [0.5, 0.6) is 11.5 Å². The molecule has 6 heteroatoms. The van der Waals surface area contributed by atoms with Gasteiger partial charge >= 0.3 is 0 Å². The van der Waals surface area contributed by atoms with Crippen molar-refractivity contribution in [3.8, 4) is 11.5 Å². The van der Waals surface area contributed by atoms with E-state index in [9.17, 15) is 9.90 Å². The lowest BCUT2D eigenvalue weighted by atomic mass is 9.85. The number of carbonyl (C=O) groups is 1. The third kappa shape index (κ3) is 5.51. The fourth-order valence-electron chi connectivity index (χ4n) is 4.49. The average molecular weight is 517 g/mol. The van der Waals surface area contributed by atoms with Gasteiger partial charge in [-0.15, -0.1) is 0 Å². The number of benzene rings is 5. The monoisotopic (exact) mass is 516 g/mol. The third-order valence-electron chi connectivity index (χ3n) is 6.54. The van der Waals surface area contributed by atoms with Crippen LogP contribution in [-0.4, -0.2) is 24.3 Å². The summed E-state index contributed by atoms with van der Waals surface area (Å²) in [6, 6.07) is 37.2. The first-order chi connectivity index (χ1) is 19.1. The SMILES string of the molecule is COc1ccc(/C=N\NC(=O)C(O)(c2ccccc2)c2ccccc2)cc1OCc1cccc2ccccc12. The summed E-state index contributed by atoms with van der Waals surface area (Å²) in [5.74, 6) is 0.460. The van der Waals surface area contributed by atoms with Gasteiger partial charge in [0.2, 0.25) is 0 Å². The van der Waals surface area contributed by atoms with E-state index in [4.69, 9.17) is 9.47 Å². The number of hydrazone groups is 1. The lowest BCUT2D eigenvalue weighted by molar-refractivity contribution is -0.136. The topological polar surface area (TPSA) is 80.2 Å². The van der Waals surface area contributed by atoms with E-state index in [-0.39, 0.29) is 0 Å². The van der Waals surface area contributed by atoms with Crippen LogP contribution >= 0.6 is 0 Å². The molecule has 0 spiro atoms. The van der Waals surface area contributed by atoms with E-state index >= 15 is 0 Å². The van der Waals surface area contributed by atoms with Crippen LogP contribution in [0.1, 0.15) is 22.3 Å². The van der Waals surface area contributed by atoms with Gasteiger partial charge in [0.15, 0.2) is 17.1 Å². The van der Waals surface area contributed by atoms with Gasteiger partial charge in [0.1, 0.15) is 6.61 Å². The summed E-state index contributed by atoms with van der Waals surface area (Å²) in [5, 5.41) is 18.0. The number of aliphatic hydroxyl groups is 1. The number of methoxy groups -OCH3 is 1. The number of rotatable bonds is 9. The van der Waals surface area contributed by atoms with Gasteiger partial charge in [-0.3, -0.25) is 4.79 Å². The Balaban J connectivity index is 1.34. The molecular formula is C33H28N2O4. The minimum atomic E-state index is -1.91. The number of fused-ring (bicyclic) bond motifs is 1. The number of hydrogen-bond donors (Lipinski definition) is 2. The zero-order chi connectivity index (χ0) is 27.1. The molecule has 0 unspecified atom stereocenters. The molecular weight excluding hydrogens is 488 g/mol. The van der Waals surface area contributed by atoms with Gasteiger partial charge in [-0.2, -0.15) is 5.10 Å². The quantitative estimate of drug-likeness (QED) is 0.191. The molecule has 0 fully saturated rings. The van der Waals surface area contributed by atoms with Crippen LogP contribution in [-0.2, 0) is 17.0 Å². The zero-order valence-electron chi connectivity index (χ0n) is 21.5. The second-order valence-corrected chi connectivity index (χ2v) is 8.98. The normalized spacial score (nSPS) is 11.4. The molecule has 0 aliphatic carbocycles. The van der Waals surface area contributed by atoms with E-state index in [2.05, 4.69) is 28.7 Å². The van der Waals surface area contributed by atoms with Crippen LogP contribution in [0.4, 0.5) is 0 Å². The summed E-state index contributed by atoms with van der Waals surface area (Å²) in [4.78, 5) is 13.3. The number of ether oxygens (including phenoxy) is 2. The molecule has 1 amide bonds. The Morgan fingerprint density at radius 1 is 0.821 bits per heavy atom. The molecule has 0 saturated heterocycles. The van der Waals surface area contributed by atoms with Crippen molar-refractivity contribution in [2.45, 2.75) is 12.2 Å². The van der Waals surface area contributed by atoms with Crippen molar-refractivity contribution in [2.75, 3.05) is 7.11 Å². The Kier molecular flexibility index (Phi) is 7.66. The van der Waals surface area contributed by atoms with Crippen LogP contribution in [0, 0.1) is 0 Å². The molecule has 0 radical (unpaired) electrons. The first kappa shape index (κ1) is 25.7. The third-order valence-corrected chi connectivity index (χ3v) is 6.54. The highest BCUT2D eigenvalue weighted by atomic mass is 16.5. The predicted octanol–water partition coefficient (Wildman–Crippen LogP) is 5.81. The summed E-state index contributed by atoms with van der Waals surface area (Å²) in [6.45, 7) is 0.357. The highest BCUT2D eigenvalue weighted by Crippen LogP contribution is 2.31. The van der Waals surface area contributed by atoms with Gasteiger partial charge in [-0.1, -0.05) is 103 Å². The molecule has 0 heterocycles. The molecule has 5 aromatic rings. The minimum absolute atomic E-state index is 0.357. The molecule has 0 aliphatic heterocycles. The molecule has 0 aliphatic rings. The first-order valence-corrected chi connectivity index (χ1v) is 12.5.